The van der Waals surface area contributed by atoms with Crippen LogP contribution < -0.4 is 5.82 Å². The van der Waals surface area contributed by atoms with E-state index in [2.05, 4.69) is 0 Å². The summed E-state index contributed by atoms with van der Waals surface area (Å²) in [7, 11) is 0. The number of carbonyl (C=O) groups excluding carboxylic acids is 1. The topological polar surface area (TPSA) is 69.7 Å². The van der Waals surface area contributed by atoms with Crippen LogP contribution in [-0.2, 0) is 11.3 Å². The van der Waals surface area contributed by atoms with Crippen molar-refractivity contribution in [2.75, 3.05) is 6.26 Å². The third-order valence-corrected chi connectivity index (χ3v) is 2.62. The van der Waals surface area contributed by atoms with Crippen LogP contribution in [-0.4, -0.2) is 11.6 Å². The Kier molecular flexibility index (Phi) is 3.88. The molecule has 18 heavy (non-hydrogen) atoms. The van der Waals surface area contributed by atoms with Gasteiger partial charge in [-0.2, -0.15) is 0 Å². The Morgan fingerprint density at radius 1 is 1.28 bits per heavy atom. The molecule has 1 aromatic heterocycles. The van der Waals surface area contributed by atoms with E-state index in [0.717, 1.165) is 11.8 Å². The highest BCUT2D eigenvalue weighted by Gasteiger charge is 2.16. The summed E-state index contributed by atoms with van der Waals surface area (Å²) in [5.41, 5.74) is 0.693. The first-order valence-electron chi connectivity index (χ1n) is 5.09. The van der Waals surface area contributed by atoms with Crippen LogP contribution in [0.1, 0.15) is 5.76 Å². The van der Waals surface area contributed by atoms with Gasteiger partial charge >= 0.3 is 11.1 Å². The summed E-state index contributed by atoms with van der Waals surface area (Å²) < 4.78 is 14.7. The molecule has 6 heteroatoms. The van der Waals surface area contributed by atoms with Crippen LogP contribution in [0.3, 0.4) is 0 Å². The Hall–Kier alpha value is -1.95. The molecule has 0 aliphatic carbocycles. The van der Waals surface area contributed by atoms with Crippen LogP contribution in [0.15, 0.2) is 44.0 Å². The highest BCUT2D eigenvalue weighted by Crippen LogP contribution is 2.23. The Bertz CT molecular complexity index is 584. The summed E-state index contributed by atoms with van der Waals surface area (Å²) >= 11 is 0.941. The summed E-state index contributed by atoms with van der Waals surface area (Å²) in [6.45, 7) is -0.129. The largest absolute Gasteiger partial charge is 0.519 e. The zero-order chi connectivity index (χ0) is 13.0. The van der Waals surface area contributed by atoms with E-state index < -0.39 is 11.1 Å². The van der Waals surface area contributed by atoms with E-state index in [1.165, 1.54) is 0 Å². The van der Waals surface area contributed by atoms with E-state index in [9.17, 15) is 9.59 Å². The maximum absolute atomic E-state index is 11.1. The molecule has 0 saturated carbocycles. The van der Waals surface area contributed by atoms with Crippen LogP contribution in [0, 0.1) is 0 Å². The molecule has 94 valence electrons. The van der Waals surface area contributed by atoms with Crippen molar-refractivity contribution in [3.8, 4) is 11.3 Å². The first-order chi connectivity index (χ1) is 8.70. The van der Waals surface area contributed by atoms with Crippen molar-refractivity contribution in [1.29, 1.82) is 0 Å². The molecule has 0 radical (unpaired) electrons. The quantitative estimate of drug-likeness (QED) is 0.795. The minimum Gasteiger partial charge on any atom is -0.449 e. The van der Waals surface area contributed by atoms with Gasteiger partial charge in [-0.25, -0.2) is 9.59 Å². The second-order valence-corrected chi connectivity index (χ2v) is 4.06. The van der Waals surface area contributed by atoms with Crippen molar-refractivity contribution in [2.45, 2.75) is 6.61 Å². The summed E-state index contributed by atoms with van der Waals surface area (Å²) in [4.78, 5) is 22.1. The molecule has 0 N–H and O–H groups in total. The van der Waals surface area contributed by atoms with Gasteiger partial charge in [0.05, 0.1) is 0 Å². The summed E-state index contributed by atoms with van der Waals surface area (Å²) in [5, 5.41) is -0.446. The summed E-state index contributed by atoms with van der Waals surface area (Å²) in [6, 6.07) is 9.00. The van der Waals surface area contributed by atoms with Gasteiger partial charge in [-0.05, 0) is 18.0 Å². The van der Waals surface area contributed by atoms with E-state index in [0.29, 0.717) is 5.56 Å². The zero-order valence-electron chi connectivity index (χ0n) is 9.54. The molecule has 0 aliphatic heterocycles. The lowest BCUT2D eigenvalue weighted by molar-refractivity contribution is 0.158. The van der Waals surface area contributed by atoms with Gasteiger partial charge in [-0.15, -0.1) is 0 Å². The monoisotopic (exact) mass is 266 g/mol. The lowest BCUT2D eigenvalue weighted by Crippen LogP contribution is -1.97. The van der Waals surface area contributed by atoms with Gasteiger partial charge in [0.15, 0.2) is 18.1 Å². The minimum absolute atomic E-state index is 0.129. The Morgan fingerprint density at radius 3 is 2.67 bits per heavy atom. The van der Waals surface area contributed by atoms with E-state index in [1.807, 2.05) is 6.07 Å². The third-order valence-electron chi connectivity index (χ3n) is 2.17. The molecule has 0 amide bonds. The molecule has 2 aromatic rings. The van der Waals surface area contributed by atoms with Crippen LogP contribution >= 0.6 is 11.8 Å². The molecular formula is C12H10O5S. The number of hydrogen-bond acceptors (Lipinski definition) is 6. The van der Waals surface area contributed by atoms with Gasteiger partial charge in [-0.3, -0.25) is 0 Å². The van der Waals surface area contributed by atoms with Crippen molar-refractivity contribution < 1.29 is 18.4 Å². The number of carbonyl (C=O) groups is 1. The number of benzene rings is 1. The fourth-order valence-electron chi connectivity index (χ4n) is 1.40. The molecule has 5 nitrogen and oxygen atoms in total. The first kappa shape index (κ1) is 12.5. The van der Waals surface area contributed by atoms with Crippen LogP contribution in [0.25, 0.3) is 11.3 Å². The van der Waals surface area contributed by atoms with Gasteiger partial charge in [0, 0.05) is 5.56 Å². The normalized spacial score (nSPS) is 10.3. The Labute approximate surface area is 107 Å². The maximum atomic E-state index is 11.1. The molecule has 0 fully saturated rings. The fourth-order valence-corrected chi connectivity index (χ4v) is 1.57. The molecular weight excluding hydrogens is 256 g/mol. The number of thioether (sulfide) groups is 1. The Morgan fingerprint density at radius 2 is 2.00 bits per heavy atom. The van der Waals surface area contributed by atoms with Crippen LogP contribution in [0.4, 0.5) is 4.79 Å². The van der Waals surface area contributed by atoms with Crippen molar-refractivity contribution >= 4 is 17.1 Å². The average molecular weight is 266 g/mol. The Balaban J connectivity index is 2.26. The second kappa shape index (κ2) is 5.59. The molecule has 0 unspecified atom stereocenters. The second-order valence-electron chi connectivity index (χ2n) is 3.32. The van der Waals surface area contributed by atoms with Crippen molar-refractivity contribution in [2.24, 2.45) is 0 Å². The summed E-state index contributed by atoms with van der Waals surface area (Å²) in [5.74, 6) is -0.327. The van der Waals surface area contributed by atoms with Gasteiger partial charge < -0.3 is 13.6 Å². The van der Waals surface area contributed by atoms with Crippen molar-refractivity contribution in [1.82, 2.24) is 0 Å². The molecule has 2 rings (SSSR count). The fraction of sp³-hybridized carbons (Fsp3) is 0.167. The first-order valence-corrected chi connectivity index (χ1v) is 6.32. The van der Waals surface area contributed by atoms with E-state index in [-0.39, 0.29) is 18.1 Å². The standard InChI is InChI=1S/C12H10O5S/c1-18-12(14)15-7-9-10(17-11(13)16-9)8-5-3-2-4-6-8/h2-6H,7H2,1H3. The maximum Gasteiger partial charge on any atom is 0.519 e. The molecule has 0 atom stereocenters. The van der Waals surface area contributed by atoms with Gasteiger partial charge in [0.25, 0.3) is 0 Å². The van der Waals surface area contributed by atoms with Gasteiger partial charge in [-0.1, -0.05) is 30.3 Å². The van der Waals surface area contributed by atoms with E-state index in [1.54, 1.807) is 30.5 Å². The lowest BCUT2D eigenvalue weighted by atomic mass is 10.1. The van der Waals surface area contributed by atoms with Crippen molar-refractivity contribution in [3.05, 3.63) is 46.7 Å². The molecule has 0 aliphatic rings. The number of hydrogen-bond donors (Lipinski definition) is 0. The highest BCUT2D eigenvalue weighted by molar-refractivity contribution is 8.12. The smallest absolute Gasteiger partial charge is 0.449 e. The predicted octanol–water partition coefficient (Wildman–Crippen LogP) is 2.90. The highest BCUT2D eigenvalue weighted by atomic mass is 32.2. The predicted molar refractivity (Wildman–Crippen MR) is 66.4 cm³/mol. The average Bonchev–Trinajstić information content (AvgIpc) is 2.78. The number of rotatable bonds is 3. The lowest BCUT2D eigenvalue weighted by Gasteiger charge is -2.01. The third kappa shape index (κ3) is 2.84. The minimum atomic E-state index is -0.816. The molecule has 1 heterocycles. The summed E-state index contributed by atoms with van der Waals surface area (Å²) in [6.07, 6.45) is 1.60. The molecule has 0 spiro atoms. The number of ether oxygens (including phenoxy) is 1. The zero-order valence-corrected chi connectivity index (χ0v) is 10.4. The van der Waals surface area contributed by atoms with Gasteiger partial charge in [0.2, 0.25) is 0 Å². The van der Waals surface area contributed by atoms with Crippen LogP contribution in [0.5, 0.6) is 0 Å². The molecule has 0 saturated heterocycles. The van der Waals surface area contributed by atoms with Crippen LogP contribution in [0.2, 0.25) is 0 Å². The van der Waals surface area contributed by atoms with Crippen molar-refractivity contribution in [3.63, 3.8) is 0 Å². The van der Waals surface area contributed by atoms with Gasteiger partial charge in [0.1, 0.15) is 0 Å². The van der Waals surface area contributed by atoms with E-state index in [4.69, 9.17) is 13.6 Å². The SMILES string of the molecule is CSC(=O)OCc1oc(=O)oc1-c1ccccc1. The molecule has 1 aromatic carbocycles. The van der Waals surface area contributed by atoms with E-state index >= 15 is 0 Å². The molecule has 0 bridgehead atoms.